The number of Topliss-reactive ketones (excluding diaryl/α,β-unsaturated/α-hetero) is 1. The average molecular weight is 430 g/mol. The molecule has 6 aliphatic rings. The molecular weight excluding hydrogens is 386 g/mol. The van der Waals surface area contributed by atoms with Crippen molar-refractivity contribution in [3.8, 4) is 0 Å². The molecule has 0 spiro atoms. The molecule has 0 aromatic rings. The van der Waals surface area contributed by atoms with Gasteiger partial charge in [0.05, 0.1) is 11.7 Å². The largest absolute Gasteiger partial charge is 0.393 e. The molecule has 0 radical (unpaired) electrons. The SMILES string of the molecule is C[C@H]1CC[C@@H]2N(C1)C[C@@H]1[C@@H]3C[C@@H]4[C@H](CC(=O)[C@@H]5C[C@@H](O)CC[C@]45C)[C@H]3CC[C@H]1[C@]2(C)O. The van der Waals surface area contributed by atoms with Crippen molar-refractivity contribution in [1.29, 1.82) is 0 Å². The number of piperidine rings is 2. The zero-order valence-corrected chi connectivity index (χ0v) is 19.8. The lowest BCUT2D eigenvalue weighted by Gasteiger charge is -2.59. The van der Waals surface area contributed by atoms with Gasteiger partial charge in [-0.25, -0.2) is 0 Å². The predicted molar refractivity (Wildman–Crippen MR) is 120 cm³/mol. The molecule has 0 aromatic heterocycles. The molecule has 6 fully saturated rings. The van der Waals surface area contributed by atoms with Gasteiger partial charge in [-0.1, -0.05) is 13.8 Å². The first-order valence-electron chi connectivity index (χ1n) is 13.4. The van der Waals surface area contributed by atoms with Crippen LogP contribution in [0.1, 0.15) is 78.6 Å². The van der Waals surface area contributed by atoms with Gasteiger partial charge in [0.25, 0.3) is 0 Å². The number of hydrogen-bond acceptors (Lipinski definition) is 4. The molecule has 174 valence electrons. The maximum absolute atomic E-state index is 13.2. The van der Waals surface area contributed by atoms with Gasteiger partial charge < -0.3 is 10.2 Å². The van der Waals surface area contributed by atoms with Crippen LogP contribution in [0.3, 0.4) is 0 Å². The molecule has 2 heterocycles. The second kappa shape index (κ2) is 7.03. The fraction of sp³-hybridized carbons (Fsp3) is 0.963. The van der Waals surface area contributed by atoms with Gasteiger partial charge in [0.15, 0.2) is 0 Å². The van der Waals surface area contributed by atoms with Gasteiger partial charge in [-0.15, -0.1) is 0 Å². The lowest BCUT2D eigenvalue weighted by molar-refractivity contribution is -0.175. The summed E-state index contributed by atoms with van der Waals surface area (Å²) >= 11 is 0. The number of aliphatic hydroxyl groups excluding tert-OH is 1. The fourth-order valence-electron chi connectivity index (χ4n) is 10.4. The third kappa shape index (κ3) is 2.93. The summed E-state index contributed by atoms with van der Waals surface area (Å²) in [4.78, 5) is 15.9. The third-order valence-electron chi connectivity index (χ3n) is 11.8. The number of ketones is 1. The molecule has 0 bridgehead atoms. The van der Waals surface area contributed by atoms with Gasteiger partial charge in [0.1, 0.15) is 5.78 Å². The quantitative estimate of drug-likeness (QED) is 0.613. The van der Waals surface area contributed by atoms with E-state index in [0.717, 1.165) is 44.6 Å². The number of hydrogen-bond donors (Lipinski definition) is 2. The van der Waals surface area contributed by atoms with Crippen molar-refractivity contribution in [3.63, 3.8) is 0 Å². The number of fused-ring (bicyclic) bond motifs is 8. The highest BCUT2D eigenvalue weighted by atomic mass is 16.3. The Labute approximate surface area is 188 Å². The third-order valence-corrected chi connectivity index (χ3v) is 11.8. The van der Waals surface area contributed by atoms with Crippen molar-refractivity contribution in [1.82, 2.24) is 4.90 Å². The molecule has 2 aliphatic heterocycles. The summed E-state index contributed by atoms with van der Waals surface area (Å²) in [5.74, 6) is 4.82. The van der Waals surface area contributed by atoms with Crippen LogP contribution in [0.15, 0.2) is 0 Å². The summed E-state index contributed by atoms with van der Waals surface area (Å²) in [5.41, 5.74) is -0.482. The van der Waals surface area contributed by atoms with Crippen molar-refractivity contribution >= 4 is 5.78 Å². The van der Waals surface area contributed by atoms with Crippen molar-refractivity contribution < 1.29 is 15.0 Å². The van der Waals surface area contributed by atoms with Gasteiger partial charge in [-0.2, -0.15) is 0 Å². The van der Waals surface area contributed by atoms with E-state index >= 15 is 0 Å². The molecule has 2 N–H and O–H groups in total. The molecule has 4 heteroatoms. The molecule has 2 saturated heterocycles. The summed E-state index contributed by atoms with van der Waals surface area (Å²) in [6.07, 6.45) is 9.08. The minimum absolute atomic E-state index is 0.0789. The zero-order chi connectivity index (χ0) is 21.7. The summed E-state index contributed by atoms with van der Waals surface area (Å²) in [5, 5.41) is 22.1. The molecule has 4 aliphatic carbocycles. The van der Waals surface area contributed by atoms with Crippen molar-refractivity contribution in [2.45, 2.75) is 96.3 Å². The Morgan fingerprint density at radius 3 is 2.52 bits per heavy atom. The van der Waals surface area contributed by atoms with Crippen LogP contribution in [0.2, 0.25) is 0 Å². The maximum atomic E-state index is 13.2. The summed E-state index contributed by atoms with van der Waals surface area (Å²) in [6.45, 7) is 9.23. The van der Waals surface area contributed by atoms with E-state index in [9.17, 15) is 15.0 Å². The minimum Gasteiger partial charge on any atom is -0.393 e. The number of carbonyl (C=O) groups is 1. The first-order chi connectivity index (χ1) is 14.7. The predicted octanol–water partition coefficient (Wildman–Crippen LogP) is 3.89. The van der Waals surface area contributed by atoms with Crippen LogP contribution in [0.4, 0.5) is 0 Å². The second-order valence-corrected chi connectivity index (χ2v) is 13.2. The van der Waals surface area contributed by atoms with Gasteiger partial charge >= 0.3 is 0 Å². The van der Waals surface area contributed by atoms with Gasteiger partial charge in [-0.3, -0.25) is 9.69 Å². The highest BCUT2D eigenvalue weighted by Crippen LogP contribution is 2.66. The standard InChI is InChI=1S/C27H43NO3/c1-15-4-7-25-27(3,31)21-6-5-17-18(20(21)14-28(25)13-15)11-22-19(17)12-24(30)23-10-16(29)8-9-26(22,23)2/h15-23,25,29,31H,4-14H2,1-3H3/t15-,16-,17-,18+,19+,20+,21+,22+,23-,25-,26+,27-/m0/s1. The molecule has 4 nitrogen and oxygen atoms in total. The topological polar surface area (TPSA) is 60.8 Å². The van der Waals surface area contributed by atoms with E-state index in [2.05, 4.69) is 25.7 Å². The minimum atomic E-state index is -0.570. The summed E-state index contributed by atoms with van der Waals surface area (Å²) in [6, 6.07) is 0.341. The number of carbonyl (C=O) groups excluding carboxylic acids is 1. The monoisotopic (exact) mass is 429 g/mol. The van der Waals surface area contributed by atoms with Crippen LogP contribution in [0, 0.1) is 52.8 Å². The molecule has 12 atom stereocenters. The Balaban J connectivity index is 1.31. The second-order valence-electron chi connectivity index (χ2n) is 13.2. The maximum Gasteiger partial charge on any atom is 0.136 e. The molecule has 4 saturated carbocycles. The zero-order valence-electron chi connectivity index (χ0n) is 19.8. The lowest BCUT2D eigenvalue weighted by atomic mass is 9.51. The molecule has 31 heavy (non-hydrogen) atoms. The van der Waals surface area contributed by atoms with E-state index < -0.39 is 5.60 Å². The Morgan fingerprint density at radius 2 is 1.71 bits per heavy atom. The Bertz CT molecular complexity index is 751. The van der Waals surface area contributed by atoms with Crippen molar-refractivity contribution in [2.75, 3.05) is 13.1 Å². The number of rotatable bonds is 0. The Kier molecular flexibility index (Phi) is 4.78. The Morgan fingerprint density at radius 1 is 0.903 bits per heavy atom. The van der Waals surface area contributed by atoms with Gasteiger partial charge in [-0.05, 0) is 105 Å². The normalized spacial score (nSPS) is 59.2. The van der Waals surface area contributed by atoms with E-state index in [-0.39, 0.29) is 17.4 Å². The molecule has 0 amide bonds. The number of nitrogens with zero attached hydrogens (tertiary/aromatic N) is 1. The highest BCUT2D eigenvalue weighted by Gasteiger charge is 2.64. The van der Waals surface area contributed by atoms with Crippen LogP contribution in [0.5, 0.6) is 0 Å². The van der Waals surface area contributed by atoms with E-state index in [1.54, 1.807) is 0 Å². The van der Waals surface area contributed by atoms with Gasteiger partial charge in [0, 0.05) is 31.5 Å². The average Bonchev–Trinajstić information content (AvgIpc) is 3.09. The molecule has 0 aromatic carbocycles. The van der Waals surface area contributed by atoms with Crippen LogP contribution < -0.4 is 0 Å². The Hall–Kier alpha value is -0.450. The van der Waals surface area contributed by atoms with Crippen LogP contribution >= 0.6 is 0 Å². The molecule has 0 unspecified atom stereocenters. The summed E-state index contributed by atoms with van der Waals surface area (Å²) in [7, 11) is 0. The van der Waals surface area contributed by atoms with E-state index in [1.807, 2.05) is 0 Å². The van der Waals surface area contributed by atoms with E-state index in [0.29, 0.717) is 53.8 Å². The fourth-order valence-corrected chi connectivity index (χ4v) is 10.4. The van der Waals surface area contributed by atoms with Crippen LogP contribution in [0.25, 0.3) is 0 Å². The van der Waals surface area contributed by atoms with Crippen LogP contribution in [-0.2, 0) is 4.79 Å². The first-order valence-corrected chi connectivity index (χ1v) is 13.4. The smallest absolute Gasteiger partial charge is 0.136 e. The molecular formula is C27H43NO3. The highest BCUT2D eigenvalue weighted by molar-refractivity contribution is 5.83. The lowest BCUT2D eigenvalue weighted by Crippen LogP contribution is -2.67. The first kappa shape index (κ1) is 21.1. The number of aliphatic hydroxyl groups is 2. The van der Waals surface area contributed by atoms with Crippen LogP contribution in [-0.4, -0.2) is 51.7 Å². The van der Waals surface area contributed by atoms with Gasteiger partial charge in [0.2, 0.25) is 0 Å². The summed E-state index contributed by atoms with van der Waals surface area (Å²) < 4.78 is 0. The van der Waals surface area contributed by atoms with E-state index in [1.165, 1.54) is 25.8 Å². The molecule has 6 rings (SSSR count). The van der Waals surface area contributed by atoms with Crippen molar-refractivity contribution in [2.24, 2.45) is 52.8 Å². The van der Waals surface area contributed by atoms with E-state index in [4.69, 9.17) is 0 Å². The van der Waals surface area contributed by atoms with Crippen molar-refractivity contribution in [3.05, 3.63) is 0 Å².